The van der Waals surface area contributed by atoms with E-state index in [0.29, 0.717) is 12.4 Å². The van der Waals surface area contributed by atoms with Gasteiger partial charge >= 0.3 is 5.69 Å². The highest BCUT2D eigenvalue weighted by Gasteiger charge is 2.12. The van der Waals surface area contributed by atoms with Gasteiger partial charge in [0.2, 0.25) is 0 Å². The number of nitro groups is 1. The molecule has 4 nitrogen and oxygen atoms in total. The van der Waals surface area contributed by atoms with Crippen LogP contribution in [-0.4, -0.2) is 11.5 Å². The minimum atomic E-state index is -0.453. The van der Waals surface area contributed by atoms with Crippen LogP contribution in [0.15, 0.2) is 24.3 Å². The van der Waals surface area contributed by atoms with Gasteiger partial charge in [0.05, 0.1) is 11.5 Å². The van der Waals surface area contributed by atoms with Crippen molar-refractivity contribution in [3.8, 4) is 5.75 Å². The molecule has 0 saturated heterocycles. The fraction of sp³-hybridized carbons (Fsp3) is 0.250. The summed E-state index contributed by atoms with van der Waals surface area (Å²) in [5.41, 5.74) is 0.0133. The smallest absolute Gasteiger partial charge is 0.310 e. The maximum absolute atomic E-state index is 10.4. The standard InChI is InChI=1S/C8H9NO3/c1-2-12-8-6-4-3-5-7(8)9(10)11/h3-6H,2H2,1H3. The Morgan fingerprint density at radius 3 is 2.75 bits per heavy atom. The highest BCUT2D eigenvalue weighted by Crippen LogP contribution is 2.25. The lowest BCUT2D eigenvalue weighted by atomic mass is 10.3. The molecule has 0 aliphatic rings. The van der Waals surface area contributed by atoms with E-state index >= 15 is 0 Å². The number of rotatable bonds is 3. The van der Waals surface area contributed by atoms with Gasteiger partial charge in [0, 0.05) is 6.07 Å². The quantitative estimate of drug-likeness (QED) is 0.511. The summed E-state index contributed by atoms with van der Waals surface area (Å²) in [6, 6.07) is 6.32. The Morgan fingerprint density at radius 2 is 2.17 bits per heavy atom. The zero-order chi connectivity index (χ0) is 8.97. The van der Waals surface area contributed by atoms with Gasteiger partial charge in [-0.05, 0) is 13.0 Å². The Labute approximate surface area is 69.9 Å². The lowest BCUT2D eigenvalue weighted by Crippen LogP contribution is -1.96. The van der Waals surface area contributed by atoms with Crippen LogP contribution >= 0.6 is 0 Å². The van der Waals surface area contributed by atoms with Gasteiger partial charge in [0.25, 0.3) is 0 Å². The first-order chi connectivity index (χ1) is 5.75. The lowest BCUT2D eigenvalue weighted by molar-refractivity contribution is -0.385. The second-order valence-electron chi connectivity index (χ2n) is 2.16. The summed E-state index contributed by atoms with van der Waals surface area (Å²) in [6.45, 7) is 2.22. The number of hydrogen-bond donors (Lipinski definition) is 0. The Balaban J connectivity index is 3.00. The normalized spacial score (nSPS) is 9.42. The van der Waals surface area contributed by atoms with Crippen molar-refractivity contribution in [2.75, 3.05) is 6.61 Å². The molecule has 64 valence electrons. The van der Waals surface area contributed by atoms with Gasteiger partial charge in [0.15, 0.2) is 5.75 Å². The molecular formula is C8H9NO3. The van der Waals surface area contributed by atoms with Crippen LogP contribution in [0.25, 0.3) is 0 Å². The third-order valence-electron chi connectivity index (χ3n) is 1.36. The molecule has 0 aliphatic heterocycles. The summed E-state index contributed by atoms with van der Waals surface area (Å²) in [4.78, 5) is 9.97. The molecule has 1 aromatic carbocycles. The van der Waals surface area contributed by atoms with Crippen molar-refractivity contribution in [2.45, 2.75) is 6.92 Å². The van der Waals surface area contributed by atoms with Crippen molar-refractivity contribution in [3.05, 3.63) is 34.4 Å². The molecule has 0 N–H and O–H groups in total. The van der Waals surface area contributed by atoms with E-state index in [0.717, 1.165) is 0 Å². The van der Waals surface area contributed by atoms with Crippen LogP contribution in [0, 0.1) is 10.1 Å². The number of para-hydroxylation sites is 2. The minimum absolute atomic E-state index is 0.0133. The lowest BCUT2D eigenvalue weighted by Gasteiger charge is -2.01. The van der Waals surface area contributed by atoms with E-state index in [4.69, 9.17) is 4.74 Å². The van der Waals surface area contributed by atoms with Crippen LogP contribution in [0.4, 0.5) is 5.69 Å². The number of nitrogens with zero attached hydrogens (tertiary/aromatic N) is 1. The van der Waals surface area contributed by atoms with Crippen LogP contribution in [0.5, 0.6) is 5.75 Å². The maximum Gasteiger partial charge on any atom is 0.310 e. The first-order valence-electron chi connectivity index (χ1n) is 3.62. The topological polar surface area (TPSA) is 52.4 Å². The molecule has 0 heterocycles. The Morgan fingerprint density at radius 1 is 1.50 bits per heavy atom. The molecule has 0 unspecified atom stereocenters. The molecule has 0 aliphatic carbocycles. The molecule has 0 atom stereocenters. The van der Waals surface area contributed by atoms with E-state index < -0.39 is 4.92 Å². The van der Waals surface area contributed by atoms with Crippen molar-refractivity contribution in [2.24, 2.45) is 0 Å². The highest BCUT2D eigenvalue weighted by molar-refractivity contribution is 5.45. The molecule has 12 heavy (non-hydrogen) atoms. The highest BCUT2D eigenvalue weighted by atomic mass is 16.6. The van der Waals surface area contributed by atoms with Crippen LogP contribution < -0.4 is 4.74 Å². The molecule has 1 aromatic rings. The predicted octanol–water partition coefficient (Wildman–Crippen LogP) is 1.99. The molecule has 4 heteroatoms. The number of nitro benzene ring substituents is 1. The average Bonchev–Trinajstić information content (AvgIpc) is 2.05. The van der Waals surface area contributed by atoms with Gasteiger partial charge in [-0.2, -0.15) is 0 Å². The SMILES string of the molecule is CCOc1ccccc1[N+](=O)[O-]. The van der Waals surface area contributed by atoms with Gasteiger partial charge in [-0.3, -0.25) is 10.1 Å². The summed E-state index contributed by atoms with van der Waals surface area (Å²) >= 11 is 0. The van der Waals surface area contributed by atoms with Gasteiger partial charge in [0.1, 0.15) is 0 Å². The van der Waals surface area contributed by atoms with Gasteiger partial charge in [-0.1, -0.05) is 12.1 Å². The van der Waals surface area contributed by atoms with Crippen LogP contribution in [0.2, 0.25) is 0 Å². The van der Waals surface area contributed by atoms with E-state index in [2.05, 4.69) is 0 Å². The van der Waals surface area contributed by atoms with Gasteiger partial charge in [-0.15, -0.1) is 0 Å². The summed E-state index contributed by atoms with van der Waals surface area (Å²) in [6.07, 6.45) is 0. The van der Waals surface area contributed by atoms with Crippen LogP contribution in [-0.2, 0) is 0 Å². The molecule has 0 spiro atoms. The van der Waals surface area contributed by atoms with Crippen LogP contribution in [0.3, 0.4) is 0 Å². The Kier molecular flexibility index (Phi) is 2.63. The fourth-order valence-electron chi connectivity index (χ4n) is 0.886. The van der Waals surface area contributed by atoms with E-state index in [1.807, 2.05) is 0 Å². The number of ether oxygens (including phenoxy) is 1. The Bertz CT molecular complexity index is 285. The molecule has 1 rings (SSSR count). The monoisotopic (exact) mass is 167 g/mol. The van der Waals surface area contributed by atoms with Crippen molar-refractivity contribution >= 4 is 5.69 Å². The van der Waals surface area contributed by atoms with Crippen molar-refractivity contribution in [1.82, 2.24) is 0 Å². The fourth-order valence-corrected chi connectivity index (χ4v) is 0.886. The first kappa shape index (κ1) is 8.52. The summed E-state index contributed by atoms with van der Waals surface area (Å²) in [5, 5.41) is 10.4. The van der Waals surface area contributed by atoms with Gasteiger partial charge in [-0.25, -0.2) is 0 Å². The summed E-state index contributed by atoms with van der Waals surface area (Å²) < 4.78 is 5.06. The van der Waals surface area contributed by atoms with Crippen molar-refractivity contribution in [1.29, 1.82) is 0 Å². The third-order valence-corrected chi connectivity index (χ3v) is 1.36. The molecule has 0 saturated carbocycles. The second-order valence-corrected chi connectivity index (χ2v) is 2.16. The molecule has 0 fully saturated rings. The van der Waals surface area contributed by atoms with Crippen molar-refractivity contribution < 1.29 is 9.66 Å². The average molecular weight is 167 g/mol. The van der Waals surface area contributed by atoms with Crippen LogP contribution in [0.1, 0.15) is 6.92 Å². The van der Waals surface area contributed by atoms with Crippen molar-refractivity contribution in [3.63, 3.8) is 0 Å². The first-order valence-corrected chi connectivity index (χ1v) is 3.62. The van der Waals surface area contributed by atoms with E-state index in [-0.39, 0.29) is 5.69 Å². The number of benzene rings is 1. The molecule has 0 bridgehead atoms. The zero-order valence-electron chi connectivity index (χ0n) is 6.69. The predicted molar refractivity (Wildman–Crippen MR) is 44.3 cm³/mol. The third kappa shape index (κ3) is 1.72. The second kappa shape index (κ2) is 3.71. The Hall–Kier alpha value is -1.58. The molecular weight excluding hydrogens is 158 g/mol. The summed E-state index contributed by atoms with van der Waals surface area (Å²) in [7, 11) is 0. The maximum atomic E-state index is 10.4. The zero-order valence-corrected chi connectivity index (χ0v) is 6.69. The largest absolute Gasteiger partial charge is 0.487 e. The van der Waals surface area contributed by atoms with E-state index in [9.17, 15) is 10.1 Å². The number of hydrogen-bond acceptors (Lipinski definition) is 3. The minimum Gasteiger partial charge on any atom is -0.487 e. The van der Waals surface area contributed by atoms with Gasteiger partial charge < -0.3 is 4.74 Å². The molecule has 0 radical (unpaired) electrons. The van der Waals surface area contributed by atoms with E-state index in [1.54, 1.807) is 25.1 Å². The molecule has 0 aromatic heterocycles. The summed E-state index contributed by atoms with van der Waals surface area (Å²) in [5.74, 6) is 0.324. The molecule has 0 amide bonds. The van der Waals surface area contributed by atoms with E-state index in [1.165, 1.54) is 6.07 Å².